The van der Waals surface area contributed by atoms with Crippen molar-refractivity contribution in [2.75, 3.05) is 20.8 Å². The normalized spacial score (nSPS) is 14.3. The lowest BCUT2D eigenvalue weighted by molar-refractivity contribution is 0.0522. The third kappa shape index (κ3) is 3.53. The summed E-state index contributed by atoms with van der Waals surface area (Å²) in [5, 5.41) is 6.73. The molecule has 1 aliphatic rings. The number of amidine groups is 1. The maximum absolute atomic E-state index is 12.8. The molecule has 1 N–H and O–H groups in total. The fraction of sp³-hybridized carbons (Fsp3) is 0.333. The standard InChI is InChI=1S/C15H20N4O5S2/c1-7-24-14(20)12-8-25-9(2)13(12)26(21,22)17-10(3)19-11(4)18(5)15(16-19)23-6/h8,17H,3-4,7H2,1-2,5-6H3. The summed E-state index contributed by atoms with van der Waals surface area (Å²) < 4.78 is 38.0. The number of esters is 1. The molecule has 1 aromatic heterocycles. The molecular formula is C15H20N4O5S2. The second kappa shape index (κ2) is 7.38. The molecule has 1 aliphatic heterocycles. The summed E-state index contributed by atoms with van der Waals surface area (Å²) in [5.74, 6) is -0.413. The Kier molecular flexibility index (Phi) is 5.62. The van der Waals surface area contributed by atoms with Gasteiger partial charge in [0.15, 0.2) is 0 Å². The number of aryl methyl sites for hydroxylation is 1. The summed E-state index contributed by atoms with van der Waals surface area (Å²) in [6.45, 7) is 10.9. The molecule has 2 rings (SSSR count). The number of rotatable bonds is 6. The Bertz CT molecular complexity index is 888. The van der Waals surface area contributed by atoms with E-state index >= 15 is 0 Å². The fourth-order valence-electron chi connectivity index (χ4n) is 2.23. The van der Waals surface area contributed by atoms with Gasteiger partial charge in [-0.25, -0.2) is 13.2 Å². The van der Waals surface area contributed by atoms with E-state index in [9.17, 15) is 13.2 Å². The predicted octanol–water partition coefficient (Wildman–Crippen LogP) is 1.62. The number of thiophene rings is 1. The zero-order valence-electron chi connectivity index (χ0n) is 14.9. The van der Waals surface area contributed by atoms with Crippen LogP contribution in [0.4, 0.5) is 0 Å². The molecule has 0 radical (unpaired) electrons. The van der Waals surface area contributed by atoms with Crippen LogP contribution in [0.3, 0.4) is 0 Å². The number of ether oxygens (including phenoxy) is 2. The molecule has 0 unspecified atom stereocenters. The highest BCUT2D eigenvalue weighted by atomic mass is 32.2. The number of hydrogen-bond donors (Lipinski definition) is 1. The highest BCUT2D eigenvalue weighted by molar-refractivity contribution is 7.90. The third-order valence-electron chi connectivity index (χ3n) is 3.48. The van der Waals surface area contributed by atoms with E-state index < -0.39 is 16.0 Å². The summed E-state index contributed by atoms with van der Waals surface area (Å²) in [7, 11) is -1.00. The first-order chi connectivity index (χ1) is 12.1. The van der Waals surface area contributed by atoms with Crippen molar-refractivity contribution in [2.45, 2.75) is 18.7 Å². The molecule has 142 valence electrons. The zero-order chi connectivity index (χ0) is 19.6. The quantitative estimate of drug-likeness (QED) is 0.724. The molecule has 2 heterocycles. The van der Waals surface area contributed by atoms with Gasteiger partial charge in [0.05, 0.1) is 19.3 Å². The van der Waals surface area contributed by atoms with Crippen molar-refractivity contribution >= 4 is 33.4 Å². The number of nitrogens with zero attached hydrogens (tertiary/aromatic N) is 3. The largest absolute Gasteiger partial charge is 0.467 e. The van der Waals surface area contributed by atoms with Gasteiger partial charge in [-0.15, -0.1) is 16.4 Å². The van der Waals surface area contributed by atoms with Crippen LogP contribution in [-0.2, 0) is 19.5 Å². The van der Waals surface area contributed by atoms with Crippen LogP contribution < -0.4 is 4.72 Å². The average Bonchev–Trinajstić information content (AvgIpc) is 3.09. The molecule has 0 aliphatic carbocycles. The number of hydrazone groups is 1. The van der Waals surface area contributed by atoms with Gasteiger partial charge in [0, 0.05) is 17.3 Å². The van der Waals surface area contributed by atoms with Crippen LogP contribution in [0.1, 0.15) is 22.2 Å². The van der Waals surface area contributed by atoms with E-state index in [1.807, 2.05) is 0 Å². The lowest BCUT2D eigenvalue weighted by Gasteiger charge is -2.21. The lowest BCUT2D eigenvalue weighted by atomic mass is 10.3. The zero-order valence-corrected chi connectivity index (χ0v) is 16.5. The first-order valence-corrected chi connectivity index (χ1v) is 9.82. The van der Waals surface area contributed by atoms with Gasteiger partial charge in [-0.1, -0.05) is 13.2 Å². The predicted molar refractivity (Wildman–Crippen MR) is 97.7 cm³/mol. The van der Waals surface area contributed by atoms with Gasteiger partial charge in [-0.05, 0) is 13.8 Å². The molecule has 0 amide bonds. The summed E-state index contributed by atoms with van der Waals surface area (Å²) in [6, 6.07) is 0.231. The molecule has 0 saturated heterocycles. The van der Waals surface area contributed by atoms with Gasteiger partial charge in [-0.2, -0.15) is 5.01 Å². The maximum atomic E-state index is 12.8. The smallest absolute Gasteiger partial charge is 0.340 e. The van der Waals surface area contributed by atoms with Crippen LogP contribution in [0.25, 0.3) is 0 Å². The van der Waals surface area contributed by atoms with Crippen LogP contribution in [0.5, 0.6) is 0 Å². The van der Waals surface area contributed by atoms with Crippen molar-refractivity contribution in [3.63, 3.8) is 0 Å². The van der Waals surface area contributed by atoms with Crippen molar-refractivity contribution in [1.29, 1.82) is 0 Å². The molecule has 0 bridgehead atoms. The van der Waals surface area contributed by atoms with E-state index in [2.05, 4.69) is 23.0 Å². The Morgan fingerprint density at radius 1 is 1.46 bits per heavy atom. The van der Waals surface area contributed by atoms with E-state index in [-0.39, 0.29) is 28.9 Å². The number of methoxy groups -OCH3 is 1. The first kappa shape index (κ1) is 19.8. The van der Waals surface area contributed by atoms with Crippen LogP contribution >= 0.6 is 11.3 Å². The number of sulfonamides is 1. The summed E-state index contributed by atoms with van der Waals surface area (Å²) in [6.07, 6.45) is 0. The number of carbonyl (C=O) groups excluding carboxylic acids is 1. The maximum Gasteiger partial charge on any atom is 0.340 e. The highest BCUT2D eigenvalue weighted by Crippen LogP contribution is 2.29. The second-order valence-corrected chi connectivity index (χ2v) is 7.88. The van der Waals surface area contributed by atoms with Crippen molar-refractivity contribution < 1.29 is 22.7 Å². The van der Waals surface area contributed by atoms with Crippen molar-refractivity contribution in [2.24, 2.45) is 5.10 Å². The monoisotopic (exact) mass is 400 g/mol. The number of nitrogens with one attached hydrogen (secondary N) is 1. The minimum Gasteiger partial charge on any atom is -0.467 e. The second-order valence-electron chi connectivity index (χ2n) is 5.18. The number of carbonyl (C=O) groups is 1. The average molecular weight is 400 g/mol. The van der Waals surface area contributed by atoms with E-state index in [4.69, 9.17) is 9.47 Å². The molecule has 0 fully saturated rings. The van der Waals surface area contributed by atoms with Crippen LogP contribution in [-0.4, -0.2) is 51.1 Å². The van der Waals surface area contributed by atoms with Gasteiger partial charge in [0.2, 0.25) is 0 Å². The van der Waals surface area contributed by atoms with Gasteiger partial charge in [-0.3, -0.25) is 9.62 Å². The van der Waals surface area contributed by atoms with Crippen LogP contribution in [0.2, 0.25) is 0 Å². The summed E-state index contributed by atoms with van der Waals surface area (Å²) >= 11 is 1.14. The van der Waals surface area contributed by atoms with Gasteiger partial charge in [0.25, 0.3) is 10.0 Å². The van der Waals surface area contributed by atoms with Crippen LogP contribution in [0.15, 0.2) is 40.2 Å². The molecule has 0 saturated carbocycles. The minimum absolute atomic E-state index is 0.0203. The Morgan fingerprint density at radius 2 is 2.12 bits per heavy atom. The molecule has 0 spiro atoms. The Labute approximate surface area is 156 Å². The fourth-order valence-corrected chi connectivity index (χ4v) is 4.82. The highest BCUT2D eigenvalue weighted by Gasteiger charge is 2.32. The van der Waals surface area contributed by atoms with E-state index in [0.717, 1.165) is 11.3 Å². The Morgan fingerprint density at radius 3 is 2.65 bits per heavy atom. The molecule has 9 nitrogen and oxygen atoms in total. The summed E-state index contributed by atoms with van der Waals surface area (Å²) in [4.78, 5) is 13.9. The van der Waals surface area contributed by atoms with Crippen LogP contribution in [0, 0.1) is 6.92 Å². The van der Waals surface area contributed by atoms with Gasteiger partial charge in [0.1, 0.15) is 16.5 Å². The van der Waals surface area contributed by atoms with E-state index in [1.54, 1.807) is 20.9 Å². The van der Waals surface area contributed by atoms with E-state index in [1.165, 1.54) is 22.4 Å². The molecule has 1 aromatic rings. The van der Waals surface area contributed by atoms with E-state index in [0.29, 0.717) is 10.7 Å². The molecular weight excluding hydrogens is 380 g/mol. The molecule has 0 aromatic carbocycles. The number of hydrogen-bond acceptors (Lipinski definition) is 9. The van der Waals surface area contributed by atoms with Crippen molar-refractivity contribution in [1.82, 2.24) is 14.6 Å². The van der Waals surface area contributed by atoms with Crippen molar-refractivity contribution in [3.8, 4) is 0 Å². The topological polar surface area (TPSA) is 101 Å². The Balaban J connectivity index is 2.32. The Hall–Kier alpha value is -2.53. The minimum atomic E-state index is -4.09. The molecule has 0 atom stereocenters. The first-order valence-electron chi connectivity index (χ1n) is 7.46. The molecule has 11 heteroatoms. The van der Waals surface area contributed by atoms with Gasteiger partial charge >= 0.3 is 12.0 Å². The lowest BCUT2D eigenvalue weighted by Crippen LogP contribution is -2.33. The molecule has 26 heavy (non-hydrogen) atoms. The van der Waals surface area contributed by atoms with Gasteiger partial charge < -0.3 is 9.47 Å². The third-order valence-corrected chi connectivity index (χ3v) is 6.08. The SMILES string of the molecule is C=C(NS(=O)(=O)c1c(C(=O)OCC)csc1C)N1N=C(OC)N(C)C1=C. The summed E-state index contributed by atoms with van der Waals surface area (Å²) in [5.41, 5.74) is -0.0203. The van der Waals surface area contributed by atoms with Crippen molar-refractivity contribution in [3.05, 3.63) is 40.6 Å².